The number of nitrogens with zero attached hydrogens (tertiary/aromatic N) is 4. The Morgan fingerprint density at radius 3 is 2.77 bits per heavy atom. The summed E-state index contributed by atoms with van der Waals surface area (Å²) in [5, 5.41) is 3.65. The van der Waals surface area contributed by atoms with Crippen LogP contribution in [0.4, 0.5) is 5.69 Å². The summed E-state index contributed by atoms with van der Waals surface area (Å²) in [5.74, 6) is -0.336. The van der Waals surface area contributed by atoms with Crippen molar-refractivity contribution in [3.05, 3.63) is 48.2 Å². The van der Waals surface area contributed by atoms with E-state index in [-0.39, 0.29) is 18.4 Å². The second-order valence-corrected chi connectivity index (χ2v) is 8.70. The molecule has 4 rings (SSSR count). The van der Waals surface area contributed by atoms with Crippen LogP contribution in [0.1, 0.15) is 16.8 Å². The summed E-state index contributed by atoms with van der Waals surface area (Å²) in [6.07, 6.45) is 2.59. The number of carbonyl (C=O) groups is 2. The average Bonchev–Trinajstić information content (AvgIpc) is 2.87. The van der Waals surface area contributed by atoms with Gasteiger partial charge >= 0.3 is 0 Å². The van der Waals surface area contributed by atoms with E-state index >= 15 is 0 Å². The number of nitrogens with one attached hydrogen (secondary N) is 1. The van der Waals surface area contributed by atoms with Crippen LogP contribution in [0.2, 0.25) is 0 Å². The second kappa shape index (κ2) is 9.59. The Labute approximate surface area is 181 Å². The summed E-state index contributed by atoms with van der Waals surface area (Å²) in [5.41, 5.74) is 1.28. The quantitative estimate of drug-likeness (QED) is 0.714. The van der Waals surface area contributed by atoms with Crippen molar-refractivity contribution in [2.24, 2.45) is 0 Å². The summed E-state index contributed by atoms with van der Waals surface area (Å²) in [4.78, 5) is 37.4. The Kier molecular flexibility index (Phi) is 6.66. The lowest BCUT2D eigenvalue weighted by atomic mass is 10.2. The molecular formula is C22H27N5O2S. The van der Waals surface area contributed by atoms with Crippen LogP contribution in [0.25, 0.3) is 0 Å². The molecule has 0 atom stereocenters. The normalized spacial score (nSPS) is 17.2. The van der Waals surface area contributed by atoms with E-state index in [2.05, 4.69) is 27.1 Å². The number of pyridine rings is 1. The highest BCUT2D eigenvalue weighted by Crippen LogP contribution is 2.39. The molecule has 2 aliphatic heterocycles. The van der Waals surface area contributed by atoms with Gasteiger partial charge in [-0.25, -0.2) is 4.98 Å². The van der Waals surface area contributed by atoms with Gasteiger partial charge in [0.1, 0.15) is 11.6 Å². The van der Waals surface area contributed by atoms with E-state index in [1.54, 1.807) is 23.2 Å². The van der Waals surface area contributed by atoms with Crippen LogP contribution in [-0.4, -0.2) is 79.5 Å². The molecule has 1 N–H and O–H groups in total. The number of benzene rings is 1. The number of anilines is 1. The molecule has 30 heavy (non-hydrogen) atoms. The highest BCUT2D eigenvalue weighted by atomic mass is 32.2. The topological polar surface area (TPSA) is 68.8 Å². The van der Waals surface area contributed by atoms with Crippen LogP contribution in [0, 0.1) is 0 Å². The minimum atomic E-state index is -0.192. The van der Waals surface area contributed by atoms with Gasteiger partial charge in [0.15, 0.2) is 0 Å². The summed E-state index contributed by atoms with van der Waals surface area (Å²) < 4.78 is 0. The second-order valence-electron chi connectivity index (χ2n) is 7.67. The van der Waals surface area contributed by atoms with Crippen LogP contribution < -0.4 is 10.2 Å². The summed E-state index contributed by atoms with van der Waals surface area (Å²) >= 11 is 1.46. The zero-order valence-electron chi connectivity index (χ0n) is 17.2. The number of rotatable bonds is 6. The van der Waals surface area contributed by atoms with E-state index < -0.39 is 0 Å². The zero-order chi connectivity index (χ0) is 20.9. The van der Waals surface area contributed by atoms with Crippen molar-refractivity contribution in [1.82, 2.24) is 20.1 Å². The van der Waals surface area contributed by atoms with Crippen molar-refractivity contribution in [3.63, 3.8) is 0 Å². The number of carbonyl (C=O) groups excluding carboxylic acids is 2. The molecule has 1 aromatic heterocycles. The van der Waals surface area contributed by atoms with E-state index in [0.29, 0.717) is 17.1 Å². The van der Waals surface area contributed by atoms with Gasteiger partial charge < -0.3 is 15.1 Å². The van der Waals surface area contributed by atoms with Gasteiger partial charge in [-0.15, -0.1) is 0 Å². The minimum Gasteiger partial charge on any atom is -0.355 e. The van der Waals surface area contributed by atoms with Crippen molar-refractivity contribution in [3.8, 4) is 0 Å². The molecule has 1 aromatic carbocycles. The third-order valence-electron chi connectivity index (χ3n) is 5.48. The fraction of sp³-hybridized carbons (Fsp3) is 0.409. The fourth-order valence-corrected chi connectivity index (χ4v) is 4.74. The van der Waals surface area contributed by atoms with Gasteiger partial charge in [-0.3, -0.25) is 14.5 Å². The van der Waals surface area contributed by atoms with Crippen LogP contribution in [0.5, 0.6) is 0 Å². The predicted octanol–water partition coefficient (Wildman–Crippen LogP) is 1.95. The van der Waals surface area contributed by atoms with Gasteiger partial charge in [0.25, 0.3) is 5.91 Å². The standard InChI is InChI=1S/C22H27N5O2S/c1-25-12-14-26(15-13-25)11-5-10-23-20(28)16-27-18-7-2-3-8-19(18)30-21-17(22(27)29)6-4-9-24-21/h2-4,6-9H,5,10-16H2,1H3,(H,23,28). The molecule has 2 aromatic rings. The molecule has 0 unspecified atom stereocenters. The average molecular weight is 426 g/mol. The van der Waals surface area contributed by atoms with Crippen LogP contribution in [0.3, 0.4) is 0 Å². The fourth-order valence-electron chi connectivity index (χ4n) is 3.72. The molecule has 0 spiro atoms. The molecule has 1 saturated heterocycles. The molecular weight excluding hydrogens is 398 g/mol. The monoisotopic (exact) mass is 425 g/mol. The summed E-state index contributed by atoms with van der Waals surface area (Å²) in [6, 6.07) is 11.2. The van der Waals surface area contributed by atoms with Crippen molar-refractivity contribution < 1.29 is 9.59 Å². The molecule has 0 aliphatic carbocycles. The van der Waals surface area contributed by atoms with E-state index in [9.17, 15) is 9.59 Å². The zero-order valence-corrected chi connectivity index (χ0v) is 18.0. The lowest BCUT2D eigenvalue weighted by Crippen LogP contribution is -2.45. The van der Waals surface area contributed by atoms with Gasteiger partial charge in [-0.1, -0.05) is 23.9 Å². The van der Waals surface area contributed by atoms with Crippen LogP contribution >= 0.6 is 11.8 Å². The third-order valence-corrected chi connectivity index (χ3v) is 6.56. The number of amides is 2. The first-order chi connectivity index (χ1) is 14.6. The number of hydrogen-bond acceptors (Lipinski definition) is 6. The van der Waals surface area contributed by atoms with Crippen molar-refractivity contribution >= 4 is 29.3 Å². The first kappa shape index (κ1) is 20.8. The summed E-state index contributed by atoms with van der Waals surface area (Å²) in [7, 11) is 2.15. The number of piperazine rings is 1. The van der Waals surface area contributed by atoms with E-state index in [4.69, 9.17) is 0 Å². The van der Waals surface area contributed by atoms with Gasteiger partial charge in [0.05, 0.1) is 11.3 Å². The van der Waals surface area contributed by atoms with E-state index in [0.717, 1.165) is 49.7 Å². The SMILES string of the molecule is CN1CCN(CCCNC(=O)CN2C(=O)c3cccnc3Sc3ccccc32)CC1. The smallest absolute Gasteiger partial charge is 0.261 e. The molecule has 1 fully saturated rings. The van der Waals surface area contributed by atoms with E-state index in [1.165, 1.54) is 11.8 Å². The maximum Gasteiger partial charge on any atom is 0.261 e. The maximum absolute atomic E-state index is 13.2. The largest absolute Gasteiger partial charge is 0.355 e. The lowest BCUT2D eigenvalue weighted by molar-refractivity contribution is -0.119. The van der Waals surface area contributed by atoms with Gasteiger partial charge in [-0.2, -0.15) is 0 Å². The first-order valence-corrected chi connectivity index (χ1v) is 11.1. The molecule has 0 radical (unpaired) electrons. The molecule has 7 nitrogen and oxygen atoms in total. The number of hydrogen-bond donors (Lipinski definition) is 1. The summed E-state index contributed by atoms with van der Waals surface area (Å²) in [6.45, 7) is 5.94. The third kappa shape index (κ3) is 4.83. The van der Waals surface area contributed by atoms with Crippen molar-refractivity contribution in [2.75, 3.05) is 57.8 Å². The molecule has 158 valence electrons. The first-order valence-electron chi connectivity index (χ1n) is 10.3. The molecule has 2 aliphatic rings. The Hall–Kier alpha value is -2.42. The Morgan fingerprint density at radius 2 is 1.93 bits per heavy atom. The number of para-hydroxylation sites is 1. The number of aromatic nitrogens is 1. The lowest BCUT2D eigenvalue weighted by Gasteiger charge is -2.32. The maximum atomic E-state index is 13.2. The Bertz CT molecular complexity index is 914. The molecule has 0 saturated carbocycles. The minimum absolute atomic E-state index is 0.000744. The predicted molar refractivity (Wildman–Crippen MR) is 118 cm³/mol. The molecule has 0 bridgehead atoms. The van der Waals surface area contributed by atoms with Crippen molar-refractivity contribution in [2.45, 2.75) is 16.3 Å². The highest BCUT2D eigenvalue weighted by Gasteiger charge is 2.29. The van der Waals surface area contributed by atoms with Gasteiger partial charge in [0.2, 0.25) is 5.91 Å². The Morgan fingerprint density at radius 1 is 1.13 bits per heavy atom. The van der Waals surface area contributed by atoms with E-state index in [1.807, 2.05) is 24.3 Å². The van der Waals surface area contributed by atoms with Crippen LogP contribution in [0.15, 0.2) is 52.5 Å². The van der Waals surface area contributed by atoms with Crippen LogP contribution in [-0.2, 0) is 4.79 Å². The van der Waals surface area contributed by atoms with Crippen molar-refractivity contribution in [1.29, 1.82) is 0 Å². The number of fused-ring (bicyclic) bond motifs is 2. The Balaban J connectivity index is 1.37. The van der Waals surface area contributed by atoms with Gasteiger partial charge in [-0.05, 0) is 44.3 Å². The molecule has 3 heterocycles. The van der Waals surface area contributed by atoms with Gasteiger partial charge in [0, 0.05) is 43.8 Å². The number of likely N-dealkylation sites (N-methyl/N-ethyl adjacent to an activating group) is 1. The highest BCUT2D eigenvalue weighted by molar-refractivity contribution is 7.99. The molecule has 8 heteroatoms. The molecule has 2 amide bonds.